The number of aryl methyl sites for hydroxylation is 2. The molecule has 1 aliphatic rings. The van der Waals surface area contributed by atoms with Crippen LogP contribution in [0.2, 0.25) is 0 Å². The Kier molecular flexibility index (Phi) is 6.79. The van der Waals surface area contributed by atoms with Gasteiger partial charge in [-0.1, -0.05) is 44.4 Å². The first-order valence-corrected chi connectivity index (χ1v) is 10.8. The molecule has 148 valence electrons. The molecule has 0 unspecified atom stereocenters. The fourth-order valence-corrected chi connectivity index (χ4v) is 4.31. The second-order valence-electron chi connectivity index (χ2n) is 7.19. The van der Waals surface area contributed by atoms with Crippen LogP contribution < -0.4 is 0 Å². The summed E-state index contributed by atoms with van der Waals surface area (Å²) in [6.07, 6.45) is 5.74. The van der Waals surface area contributed by atoms with Crippen molar-refractivity contribution in [2.75, 3.05) is 6.54 Å². The van der Waals surface area contributed by atoms with E-state index >= 15 is 0 Å². The van der Waals surface area contributed by atoms with Gasteiger partial charge in [0, 0.05) is 6.54 Å². The number of unbranched alkanes of at least 4 members (excludes halogenated alkanes) is 3. The third kappa shape index (κ3) is 4.41. The predicted octanol–water partition coefficient (Wildman–Crippen LogP) is 5.49. The summed E-state index contributed by atoms with van der Waals surface area (Å²) in [5, 5.41) is 0. The second-order valence-corrected chi connectivity index (χ2v) is 8.18. The van der Waals surface area contributed by atoms with Gasteiger partial charge in [-0.25, -0.2) is 0 Å². The minimum Gasteiger partial charge on any atom is -0.468 e. The number of benzene rings is 1. The number of amides is 2. The highest BCUT2D eigenvalue weighted by molar-refractivity contribution is 8.03. The number of hydrogen-bond acceptors (Lipinski definition) is 4. The molecule has 5 heteroatoms. The highest BCUT2D eigenvalue weighted by atomic mass is 32.2. The normalized spacial score (nSPS) is 14.5. The Labute approximate surface area is 171 Å². The number of carbonyl (C=O) groups excluding carboxylic acids is 2. The van der Waals surface area contributed by atoms with Crippen LogP contribution in [-0.2, 0) is 15.3 Å². The summed E-state index contributed by atoms with van der Waals surface area (Å²) in [6.45, 7) is 6.70. The smallest absolute Gasteiger partial charge is 0.267 e. The summed E-state index contributed by atoms with van der Waals surface area (Å²) in [7, 11) is 0. The zero-order chi connectivity index (χ0) is 20.1. The molecule has 0 saturated heterocycles. The summed E-state index contributed by atoms with van der Waals surface area (Å²) in [4.78, 5) is 28.2. The van der Waals surface area contributed by atoms with E-state index in [0.717, 1.165) is 42.6 Å². The Morgan fingerprint density at radius 2 is 1.82 bits per heavy atom. The Balaban J connectivity index is 1.88. The molecule has 1 aliphatic heterocycles. The van der Waals surface area contributed by atoms with Crippen LogP contribution in [0.3, 0.4) is 0 Å². The minimum absolute atomic E-state index is 0.174. The molecule has 0 fully saturated rings. The topological polar surface area (TPSA) is 50.5 Å². The molecule has 0 radical (unpaired) electrons. The van der Waals surface area contributed by atoms with Crippen LogP contribution in [0, 0.1) is 13.8 Å². The van der Waals surface area contributed by atoms with Gasteiger partial charge in [0.25, 0.3) is 11.8 Å². The first kappa shape index (κ1) is 20.5. The van der Waals surface area contributed by atoms with E-state index < -0.39 is 0 Å². The highest BCUT2D eigenvalue weighted by Crippen LogP contribution is 2.38. The van der Waals surface area contributed by atoms with Crippen molar-refractivity contribution in [2.24, 2.45) is 0 Å². The number of hydrogen-bond donors (Lipinski definition) is 0. The van der Waals surface area contributed by atoms with Gasteiger partial charge >= 0.3 is 0 Å². The molecule has 28 heavy (non-hydrogen) atoms. The van der Waals surface area contributed by atoms with E-state index in [1.165, 1.54) is 22.2 Å². The number of rotatable bonds is 9. The van der Waals surface area contributed by atoms with Crippen LogP contribution in [0.4, 0.5) is 0 Å². The van der Waals surface area contributed by atoms with Crippen molar-refractivity contribution in [3.8, 4) is 0 Å². The minimum atomic E-state index is -0.175. The van der Waals surface area contributed by atoms with Crippen LogP contribution >= 0.6 is 11.8 Å². The van der Waals surface area contributed by atoms with E-state index in [1.807, 2.05) is 44.2 Å². The molecule has 0 aliphatic carbocycles. The van der Waals surface area contributed by atoms with Gasteiger partial charge in [-0.05, 0) is 49.1 Å². The summed E-state index contributed by atoms with van der Waals surface area (Å²) < 4.78 is 5.40. The molecule has 1 aromatic heterocycles. The van der Waals surface area contributed by atoms with Gasteiger partial charge in [0.05, 0.1) is 22.5 Å². The van der Waals surface area contributed by atoms with Crippen molar-refractivity contribution < 1.29 is 14.0 Å². The van der Waals surface area contributed by atoms with Crippen molar-refractivity contribution >= 4 is 29.1 Å². The maximum Gasteiger partial charge on any atom is 0.267 e. The van der Waals surface area contributed by atoms with Crippen molar-refractivity contribution in [3.63, 3.8) is 0 Å². The van der Waals surface area contributed by atoms with E-state index in [9.17, 15) is 9.59 Å². The standard InChI is InChI=1S/C23H27NO3S/c1-4-5-6-7-12-24-22(25)20(18-11-10-16(2)17(3)14-18)21(23(24)26)28-15-19-9-8-13-27-19/h8-11,13-14H,4-7,12,15H2,1-3H3. The van der Waals surface area contributed by atoms with E-state index in [0.29, 0.717) is 22.8 Å². The van der Waals surface area contributed by atoms with Crippen LogP contribution in [-0.4, -0.2) is 23.3 Å². The molecule has 1 aromatic carbocycles. The van der Waals surface area contributed by atoms with Gasteiger partial charge in [0.2, 0.25) is 0 Å². The number of thioether (sulfide) groups is 1. The van der Waals surface area contributed by atoms with Gasteiger partial charge in [0.15, 0.2) is 0 Å². The first-order valence-electron chi connectivity index (χ1n) is 9.86. The average Bonchev–Trinajstić information content (AvgIpc) is 3.27. The zero-order valence-electron chi connectivity index (χ0n) is 16.8. The monoisotopic (exact) mass is 397 g/mol. The average molecular weight is 398 g/mol. The van der Waals surface area contributed by atoms with Crippen LogP contribution in [0.25, 0.3) is 5.57 Å². The number of carbonyl (C=O) groups is 2. The molecule has 0 atom stereocenters. The van der Waals surface area contributed by atoms with Crippen molar-refractivity contribution in [2.45, 2.75) is 52.2 Å². The molecule has 2 aromatic rings. The SMILES string of the molecule is CCCCCCN1C(=O)C(SCc2ccco2)=C(c2ccc(C)c(C)c2)C1=O. The second kappa shape index (κ2) is 9.28. The fraction of sp³-hybridized carbons (Fsp3) is 0.391. The van der Waals surface area contributed by atoms with Crippen LogP contribution in [0.1, 0.15) is 55.1 Å². The maximum atomic E-state index is 13.2. The summed E-state index contributed by atoms with van der Waals surface area (Å²) >= 11 is 1.39. The molecule has 4 nitrogen and oxygen atoms in total. The summed E-state index contributed by atoms with van der Waals surface area (Å²) in [5.41, 5.74) is 3.63. The van der Waals surface area contributed by atoms with Gasteiger partial charge in [0.1, 0.15) is 5.76 Å². The van der Waals surface area contributed by atoms with E-state index in [1.54, 1.807) is 6.26 Å². The largest absolute Gasteiger partial charge is 0.468 e. The lowest BCUT2D eigenvalue weighted by molar-refractivity contribution is -0.136. The highest BCUT2D eigenvalue weighted by Gasteiger charge is 2.38. The van der Waals surface area contributed by atoms with Crippen LogP contribution in [0.15, 0.2) is 45.9 Å². The van der Waals surface area contributed by atoms with Gasteiger partial charge < -0.3 is 4.42 Å². The number of furan rings is 1. The first-order chi connectivity index (χ1) is 13.5. The molecule has 2 amide bonds. The molecule has 0 bridgehead atoms. The molecule has 0 N–H and O–H groups in total. The maximum absolute atomic E-state index is 13.2. The molecular weight excluding hydrogens is 370 g/mol. The van der Waals surface area contributed by atoms with Gasteiger partial charge in [-0.3, -0.25) is 14.5 Å². The van der Waals surface area contributed by atoms with Crippen molar-refractivity contribution in [1.82, 2.24) is 4.90 Å². The lowest BCUT2D eigenvalue weighted by Gasteiger charge is -2.15. The number of imide groups is 1. The molecule has 2 heterocycles. The Morgan fingerprint density at radius 1 is 1.00 bits per heavy atom. The summed E-state index contributed by atoms with van der Waals surface area (Å²) in [5.74, 6) is 0.968. The Bertz CT molecular complexity index is 883. The predicted molar refractivity (Wildman–Crippen MR) is 114 cm³/mol. The van der Waals surface area contributed by atoms with E-state index in [2.05, 4.69) is 6.92 Å². The lowest BCUT2D eigenvalue weighted by atomic mass is 10.0. The third-order valence-corrected chi connectivity index (χ3v) is 6.19. The van der Waals surface area contributed by atoms with Gasteiger partial charge in [-0.2, -0.15) is 0 Å². The molecule has 0 spiro atoms. The lowest BCUT2D eigenvalue weighted by Crippen LogP contribution is -2.32. The van der Waals surface area contributed by atoms with Crippen molar-refractivity contribution in [1.29, 1.82) is 0 Å². The zero-order valence-corrected chi connectivity index (χ0v) is 17.6. The molecule has 3 rings (SSSR count). The Hall–Kier alpha value is -2.27. The van der Waals surface area contributed by atoms with Gasteiger partial charge in [-0.15, -0.1) is 11.8 Å². The number of nitrogens with zero attached hydrogens (tertiary/aromatic N) is 1. The van der Waals surface area contributed by atoms with Crippen LogP contribution in [0.5, 0.6) is 0 Å². The molecule has 0 saturated carbocycles. The fourth-order valence-electron chi connectivity index (χ4n) is 3.28. The third-order valence-electron chi connectivity index (χ3n) is 5.10. The quantitative estimate of drug-likeness (QED) is 0.415. The van der Waals surface area contributed by atoms with E-state index in [-0.39, 0.29) is 11.8 Å². The Morgan fingerprint density at radius 3 is 2.50 bits per heavy atom. The van der Waals surface area contributed by atoms with E-state index in [4.69, 9.17) is 4.42 Å². The van der Waals surface area contributed by atoms with Crippen molar-refractivity contribution in [3.05, 3.63) is 64.0 Å². The molecular formula is C23H27NO3S. The summed E-state index contributed by atoms with van der Waals surface area (Å²) in [6, 6.07) is 9.66.